The van der Waals surface area contributed by atoms with Crippen LogP contribution < -0.4 is 0 Å². The normalized spacial score (nSPS) is 10.6. The van der Waals surface area contributed by atoms with Gasteiger partial charge in [0.1, 0.15) is 0 Å². The Kier molecular flexibility index (Phi) is 2.80. The van der Waals surface area contributed by atoms with Crippen molar-refractivity contribution in [3.8, 4) is 0 Å². The van der Waals surface area contributed by atoms with E-state index in [0.29, 0.717) is 0 Å². The van der Waals surface area contributed by atoms with E-state index < -0.39 is 4.92 Å². The van der Waals surface area contributed by atoms with E-state index in [1.54, 1.807) is 0 Å². The van der Waals surface area contributed by atoms with Gasteiger partial charge >= 0.3 is 0 Å². The van der Waals surface area contributed by atoms with Crippen LogP contribution in [0.1, 0.15) is 16.7 Å². The van der Waals surface area contributed by atoms with Crippen LogP contribution in [0, 0.1) is 24.0 Å². The van der Waals surface area contributed by atoms with Crippen molar-refractivity contribution in [3.05, 3.63) is 51.2 Å². The third-order valence-corrected chi connectivity index (χ3v) is 1.92. The molecule has 0 radical (unpaired) electrons. The van der Waals surface area contributed by atoms with Crippen LogP contribution in [0.5, 0.6) is 0 Å². The lowest BCUT2D eigenvalue weighted by Crippen LogP contribution is -1.84. The molecule has 0 amide bonds. The highest BCUT2D eigenvalue weighted by Gasteiger charge is 1.94. The van der Waals surface area contributed by atoms with E-state index in [1.165, 1.54) is 11.6 Å². The Morgan fingerprint density at radius 1 is 1.31 bits per heavy atom. The summed E-state index contributed by atoms with van der Waals surface area (Å²) < 4.78 is 0. The highest BCUT2D eigenvalue weighted by atomic mass is 16.6. The van der Waals surface area contributed by atoms with Gasteiger partial charge in [0.05, 0.1) is 4.92 Å². The molecule has 0 saturated carbocycles. The maximum Gasteiger partial charge on any atom is 0.235 e. The molecule has 0 heterocycles. The van der Waals surface area contributed by atoms with Crippen LogP contribution in [0.4, 0.5) is 0 Å². The number of aryl methyl sites for hydroxylation is 2. The summed E-state index contributed by atoms with van der Waals surface area (Å²) in [6.07, 6.45) is 2.44. The molecule has 0 aliphatic heterocycles. The van der Waals surface area contributed by atoms with E-state index in [4.69, 9.17) is 0 Å². The number of hydrogen-bond acceptors (Lipinski definition) is 2. The van der Waals surface area contributed by atoms with E-state index in [0.717, 1.165) is 17.3 Å². The van der Waals surface area contributed by atoms with E-state index in [1.807, 2.05) is 32.0 Å². The Hall–Kier alpha value is -1.64. The first-order valence-electron chi connectivity index (χ1n) is 3.98. The number of hydrogen-bond donors (Lipinski definition) is 0. The van der Waals surface area contributed by atoms with Gasteiger partial charge in [0.2, 0.25) is 6.20 Å². The fourth-order valence-electron chi connectivity index (χ4n) is 1.02. The molecule has 0 fully saturated rings. The Balaban J connectivity index is 2.92. The van der Waals surface area contributed by atoms with E-state index in [9.17, 15) is 10.1 Å². The van der Waals surface area contributed by atoms with Gasteiger partial charge in [-0.25, -0.2) is 0 Å². The number of rotatable bonds is 2. The average molecular weight is 177 g/mol. The molecule has 3 nitrogen and oxygen atoms in total. The van der Waals surface area contributed by atoms with Crippen LogP contribution in [0.15, 0.2) is 24.4 Å². The molecule has 0 N–H and O–H groups in total. The molecule has 0 aliphatic rings. The molecule has 0 aliphatic carbocycles. The minimum absolute atomic E-state index is 0.463. The summed E-state index contributed by atoms with van der Waals surface area (Å²) in [5.41, 5.74) is 3.20. The van der Waals surface area contributed by atoms with Crippen LogP contribution in [0.3, 0.4) is 0 Å². The minimum atomic E-state index is -0.463. The molecule has 0 aromatic heterocycles. The lowest BCUT2D eigenvalue weighted by molar-refractivity contribution is -0.400. The van der Waals surface area contributed by atoms with E-state index in [-0.39, 0.29) is 0 Å². The van der Waals surface area contributed by atoms with Crippen molar-refractivity contribution in [3.63, 3.8) is 0 Å². The second kappa shape index (κ2) is 3.85. The predicted molar refractivity (Wildman–Crippen MR) is 51.9 cm³/mol. The molecule has 13 heavy (non-hydrogen) atoms. The highest BCUT2D eigenvalue weighted by molar-refractivity contribution is 5.50. The molecular weight excluding hydrogens is 166 g/mol. The zero-order valence-electron chi connectivity index (χ0n) is 7.65. The summed E-state index contributed by atoms with van der Waals surface area (Å²) in [7, 11) is 0. The van der Waals surface area contributed by atoms with Gasteiger partial charge in [-0.2, -0.15) is 0 Å². The van der Waals surface area contributed by atoms with Crippen molar-refractivity contribution in [1.29, 1.82) is 0 Å². The number of benzene rings is 1. The van der Waals surface area contributed by atoms with Crippen molar-refractivity contribution in [2.24, 2.45) is 0 Å². The molecule has 3 heteroatoms. The maximum absolute atomic E-state index is 10.0. The SMILES string of the molecule is Cc1ccc(/C=C/[N+](=O)[O-])cc1C. The highest BCUT2D eigenvalue weighted by Crippen LogP contribution is 2.10. The zero-order valence-corrected chi connectivity index (χ0v) is 7.65. The Morgan fingerprint density at radius 3 is 2.54 bits per heavy atom. The summed E-state index contributed by atoms with van der Waals surface area (Å²) in [6, 6.07) is 5.74. The Labute approximate surface area is 76.9 Å². The minimum Gasteiger partial charge on any atom is -0.259 e. The third kappa shape index (κ3) is 2.71. The average Bonchev–Trinajstić information content (AvgIpc) is 2.07. The standard InChI is InChI=1S/C10H11NO2/c1-8-3-4-10(7-9(8)2)5-6-11(12)13/h3-7H,1-2H3/b6-5+. The van der Waals surface area contributed by atoms with Crippen LogP contribution in [-0.4, -0.2) is 4.92 Å². The van der Waals surface area contributed by atoms with Gasteiger partial charge in [-0.15, -0.1) is 0 Å². The smallest absolute Gasteiger partial charge is 0.235 e. The van der Waals surface area contributed by atoms with Crippen LogP contribution >= 0.6 is 0 Å². The monoisotopic (exact) mass is 177 g/mol. The number of nitro groups is 1. The Morgan fingerprint density at radius 2 is 2.00 bits per heavy atom. The van der Waals surface area contributed by atoms with Gasteiger partial charge in [0.25, 0.3) is 0 Å². The molecule has 0 saturated heterocycles. The summed E-state index contributed by atoms with van der Waals surface area (Å²) in [6.45, 7) is 4.00. The van der Waals surface area contributed by atoms with Gasteiger partial charge in [0, 0.05) is 6.08 Å². The van der Waals surface area contributed by atoms with Crippen molar-refractivity contribution in [1.82, 2.24) is 0 Å². The number of nitrogens with zero attached hydrogens (tertiary/aromatic N) is 1. The van der Waals surface area contributed by atoms with Crippen LogP contribution in [0.25, 0.3) is 6.08 Å². The van der Waals surface area contributed by atoms with E-state index in [2.05, 4.69) is 0 Å². The molecule has 0 spiro atoms. The molecule has 0 atom stereocenters. The lowest BCUT2D eigenvalue weighted by atomic mass is 10.1. The van der Waals surface area contributed by atoms with Gasteiger partial charge in [-0.3, -0.25) is 10.1 Å². The second-order valence-electron chi connectivity index (χ2n) is 2.94. The lowest BCUT2D eigenvalue weighted by Gasteiger charge is -1.99. The predicted octanol–water partition coefficient (Wildman–Crippen LogP) is 2.55. The quantitative estimate of drug-likeness (QED) is 0.514. The van der Waals surface area contributed by atoms with Gasteiger partial charge in [0.15, 0.2) is 0 Å². The zero-order chi connectivity index (χ0) is 9.84. The fourth-order valence-corrected chi connectivity index (χ4v) is 1.02. The van der Waals surface area contributed by atoms with Crippen molar-refractivity contribution < 1.29 is 4.92 Å². The fraction of sp³-hybridized carbons (Fsp3) is 0.200. The molecule has 0 bridgehead atoms. The molecular formula is C10H11NO2. The Bertz CT molecular complexity index is 356. The van der Waals surface area contributed by atoms with Crippen molar-refractivity contribution in [2.45, 2.75) is 13.8 Å². The van der Waals surface area contributed by atoms with Crippen LogP contribution in [0.2, 0.25) is 0 Å². The van der Waals surface area contributed by atoms with Crippen molar-refractivity contribution in [2.75, 3.05) is 0 Å². The summed E-state index contributed by atoms with van der Waals surface area (Å²) in [4.78, 5) is 9.58. The third-order valence-electron chi connectivity index (χ3n) is 1.92. The largest absolute Gasteiger partial charge is 0.259 e. The van der Waals surface area contributed by atoms with Crippen LogP contribution in [-0.2, 0) is 0 Å². The van der Waals surface area contributed by atoms with Gasteiger partial charge in [-0.1, -0.05) is 18.2 Å². The van der Waals surface area contributed by atoms with Gasteiger partial charge < -0.3 is 0 Å². The summed E-state index contributed by atoms with van der Waals surface area (Å²) in [5, 5.41) is 10.0. The second-order valence-corrected chi connectivity index (χ2v) is 2.94. The van der Waals surface area contributed by atoms with Gasteiger partial charge in [-0.05, 0) is 30.5 Å². The first-order chi connectivity index (χ1) is 6.09. The molecule has 0 unspecified atom stereocenters. The first-order valence-corrected chi connectivity index (χ1v) is 3.98. The molecule has 1 rings (SSSR count). The first kappa shape index (κ1) is 9.45. The maximum atomic E-state index is 10.0. The van der Waals surface area contributed by atoms with Crippen molar-refractivity contribution >= 4 is 6.08 Å². The molecule has 1 aromatic carbocycles. The van der Waals surface area contributed by atoms with E-state index >= 15 is 0 Å². The molecule has 1 aromatic rings. The molecule has 68 valence electrons. The summed E-state index contributed by atoms with van der Waals surface area (Å²) >= 11 is 0. The topological polar surface area (TPSA) is 43.1 Å². The summed E-state index contributed by atoms with van der Waals surface area (Å²) in [5.74, 6) is 0.